The highest BCUT2D eigenvalue weighted by molar-refractivity contribution is 5.68. The fraction of sp³-hybridized carbons (Fsp3) is 0.333. The number of carboxylic acids is 1. The Bertz CT molecular complexity index is 392. The molecule has 0 spiro atoms. The Hall–Kier alpha value is -1.88. The van der Waals surface area contributed by atoms with E-state index >= 15 is 0 Å². The molecule has 0 aliphatic rings. The number of aliphatic carboxylic acids is 1. The van der Waals surface area contributed by atoms with Crippen molar-refractivity contribution in [2.24, 2.45) is 0 Å². The fourth-order valence-electron chi connectivity index (χ4n) is 1.68. The van der Waals surface area contributed by atoms with Gasteiger partial charge in [-0.2, -0.15) is 0 Å². The van der Waals surface area contributed by atoms with Crippen molar-refractivity contribution < 1.29 is 19.4 Å². The second-order valence-corrected chi connectivity index (χ2v) is 3.57. The van der Waals surface area contributed by atoms with Gasteiger partial charge in [-0.15, -0.1) is 0 Å². The summed E-state index contributed by atoms with van der Waals surface area (Å²) >= 11 is 0. The number of amides is 1. The molecule has 17 heavy (non-hydrogen) atoms. The molecule has 0 bridgehead atoms. The van der Waals surface area contributed by atoms with Crippen molar-refractivity contribution in [3.8, 4) is 0 Å². The number of benzene rings is 1. The van der Waals surface area contributed by atoms with Crippen molar-refractivity contribution in [2.45, 2.75) is 19.1 Å². The molecule has 1 aromatic rings. The minimum absolute atomic E-state index is 0.153. The zero-order valence-corrected chi connectivity index (χ0v) is 9.55. The molecule has 5 heteroatoms. The van der Waals surface area contributed by atoms with Gasteiger partial charge in [-0.1, -0.05) is 24.3 Å². The van der Waals surface area contributed by atoms with Crippen molar-refractivity contribution in [2.75, 3.05) is 7.11 Å². The Morgan fingerprint density at radius 1 is 1.53 bits per heavy atom. The van der Waals surface area contributed by atoms with E-state index in [0.29, 0.717) is 13.0 Å². The quantitative estimate of drug-likeness (QED) is 0.696. The number of nitrogens with one attached hydrogen (secondary N) is 1. The van der Waals surface area contributed by atoms with E-state index in [9.17, 15) is 9.59 Å². The van der Waals surface area contributed by atoms with Gasteiger partial charge in [-0.3, -0.25) is 9.59 Å². The third-order valence-corrected chi connectivity index (χ3v) is 2.38. The molecule has 0 saturated heterocycles. The van der Waals surface area contributed by atoms with E-state index in [2.05, 4.69) is 5.32 Å². The van der Waals surface area contributed by atoms with Gasteiger partial charge in [0.2, 0.25) is 6.41 Å². The highest BCUT2D eigenvalue weighted by Crippen LogP contribution is 2.21. The van der Waals surface area contributed by atoms with Crippen LogP contribution in [0.4, 0.5) is 0 Å². The van der Waals surface area contributed by atoms with E-state index in [0.717, 1.165) is 11.1 Å². The van der Waals surface area contributed by atoms with Crippen LogP contribution in [-0.2, 0) is 20.9 Å². The highest BCUT2D eigenvalue weighted by Gasteiger charge is 2.17. The summed E-state index contributed by atoms with van der Waals surface area (Å²) < 4.78 is 5.04. The number of carbonyl (C=O) groups is 2. The molecule has 0 aromatic heterocycles. The summed E-state index contributed by atoms with van der Waals surface area (Å²) in [5, 5.41) is 11.3. The summed E-state index contributed by atoms with van der Waals surface area (Å²) in [7, 11) is 1.57. The molecule has 0 aliphatic heterocycles. The van der Waals surface area contributed by atoms with E-state index in [1.54, 1.807) is 19.2 Å². The summed E-state index contributed by atoms with van der Waals surface area (Å²) in [5.41, 5.74) is 1.64. The molecular weight excluding hydrogens is 222 g/mol. The van der Waals surface area contributed by atoms with Gasteiger partial charge >= 0.3 is 5.97 Å². The number of hydrogen-bond donors (Lipinski definition) is 2. The summed E-state index contributed by atoms with van der Waals surface area (Å²) in [6, 6.07) is 6.75. The molecule has 92 valence electrons. The maximum atomic E-state index is 10.7. The second kappa shape index (κ2) is 6.65. The standard InChI is InChI=1S/C12H15NO4/c1-17-7-9-4-2-3-5-10(9)11(13-8-14)6-12(15)16/h2-5,8,11H,6-7H2,1H3,(H,13,14)(H,15,16). The monoisotopic (exact) mass is 237 g/mol. The maximum absolute atomic E-state index is 10.7. The van der Waals surface area contributed by atoms with Crippen LogP contribution in [0.1, 0.15) is 23.6 Å². The molecule has 1 amide bonds. The van der Waals surface area contributed by atoms with Crippen molar-refractivity contribution in [1.29, 1.82) is 0 Å². The van der Waals surface area contributed by atoms with E-state index in [-0.39, 0.29) is 6.42 Å². The zero-order chi connectivity index (χ0) is 12.7. The number of rotatable bonds is 7. The van der Waals surface area contributed by atoms with Crippen molar-refractivity contribution in [3.63, 3.8) is 0 Å². The molecule has 2 N–H and O–H groups in total. The van der Waals surface area contributed by atoms with Crippen molar-refractivity contribution in [1.82, 2.24) is 5.32 Å². The molecule has 0 heterocycles. The van der Waals surface area contributed by atoms with Gasteiger partial charge in [-0.05, 0) is 11.1 Å². The van der Waals surface area contributed by atoms with Gasteiger partial charge in [0, 0.05) is 7.11 Å². The largest absolute Gasteiger partial charge is 0.481 e. The van der Waals surface area contributed by atoms with E-state index in [1.807, 2.05) is 12.1 Å². The first-order valence-electron chi connectivity index (χ1n) is 5.17. The number of hydrogen-bond acceptors (Lipinski definition) is 3. The van der Waals surface area contributed by atoms with Crippen LogP contribution in [0.15, 0.2) is 24.3 Å². The van der Waals surface area contributed by atoms with Gasteiger partial charge in [0.1, 0.15) is 0 Å². The number of methoxy groups -OCH3 is 1. The Labute approximate surface area is 99.4 Å². The smallest absolute Gasteiger partial charge is 0.305 e. The minimum Gasteiger partial charge on any atom is -0.481 e. The number of carboxylic acid groups (broad SMARTS) is 1. The van der Waals surface area contributed by atoms with E-state index in [1.165, 1.54) is 0 Å². The average molecular weight is 237 g/mol. The third kappa shape index (κ3) is 3.88. The Balaban J connectivity index is 2.98. The van der Waals surface area contributed by atoms with Crippen LogP contribution in [0.2, 0.25) is 0 Å². The Morgan fingerprint density at radius 3 is 2.82 bits per heavy atom. The molecule has 1 rings (SSSR count). The molecule has 0 fully saturated rings. The van der Waals surface area contributed by atoms with Crippen LogP contribution in [-0.4, -0.2) is 24.6 Å². The molecule has 0 aliphatic carbocycles. The molecule has 5 nitrogen and oxygen atoms in total. The molecule has 1 aromatic carbocycles. The second-order valence-electron chi connectivity index (χ2n) is 3.57. The van der Waals surface area contributed by atoms with Gasteiger partial charge in [0.25, 0.3) is 0 Å². The maximum Gasteiger partial charge on any atom is 0.305 e. The van der Waals surface area contributed by atoms with Crippen LogP contribution in [0.5, 0.6) is 0 Å². The average Bonchev–Trinajstić information content (AvgIpc) is 2.29. The predicted octanol–water partition coefficient (Wildman–Crippen LogP) is 1.09. The zero-order valence-electron chi connectivity index (χ0n) is 9.55. The van der Waals surface area contributed by atoms with Gasteiger partial charge in [-0.25, -0.2) is 0 Å². The lowest BCUT2D eigenvalue weighted by molar-refractivity contribution is -0.137. The van der Waals surface area contributed by atoms with Crippen LogP contribution in [0, 0.1) is 0 Å². The highest BCUT2D eigenvalue weighted by atomic mass is 16.5. The van der Waals surface area contributed by atoms with Crippen LogP contribution in [0.3, 0.4) is 0 Å². The first-order valence-corrected chi connectivity index (χ1v) is 5.17. The summed E-state index contributed by atoms with van der Waals surface area (Å²) in [5.74, 6) is -0.962. The van der Waals surface area contributed by atoms with Crippen molar-refractivity contribution in [3.05, 3.63) is 35.4 Å². The molecule has 0 saturated carbocycles. The fourth-order valence-corrected chi connectivity index (χ4v) is 1.68. The van der Waals surface area contributed by atoms with Crippen LogP contribution in [0.25, 0.3) is 0 Å². The first kappa shape index (κ1) is 13.2. The Kier molecular flexibility index (Phi) is 5.16. The SMILES string of the molecule is COCc1ccccc1C(CC(=O)O)NC=O. The molecule has 1 unspecified atom stereocenters. The van der Waals surface area contributed by atoms with Crippen LogP contribution < -0.4 is 5.32 Å². The van der Waals surface area contributed by atoms with E-state index in [4.69, 9.17) is 9.84 Å². The summed E-state index contributed by atoms with van der Waals surface area (Å²) in [6.45, 7) is 0.382. The Morgan fingerprint density at radius 2 is 2.24 bits per heavy atom. The van der Waals surface area contributed by atoms with E-state index < -0.39 is 12.0 Å². The van der Waals surface area contributed by atoms with Gasteiger partial charge in [0.05, 0.1) is 19.1 Å². The summed E-state index contributed by atoms with van der Waals surface area (Å²) in [6.07, 6.45) is 0.358. The first-order chi connectivity index (χ1) is 8.19. The topological polar surface area (TPSA) is 75.6 Å². The summed E-state index contributed by atoms with van der Waals surface area (Å²) in [4.78, 5) is 21.2. The number of carbonyl (C=O) groups excluding carboxylic acids is 1. The van der Waals surface area contributed by atoms with Crippen LogP contribution >= 0.6 is 0 Å². The van der Waals surface area contributed by atoms with Gasteiger partial charge < -0.3 is 15.2 Å². The lowest BCUT2D eigenvalue weighted by atomic mass is 9.98. The minimum atomic E-state index is -0.962. The molecule has 1 atom stereocenters. The lowest BCUT2D eigenvalue weighted by Gasteiger charge is -2.17. The normalized spacial score (nSPS) is 11.8. The molecular formula is C12H15NO4. The lowest BCUT2D eigenvalue weighted by Crippen LogP contribution is -2.23. The molecule has 0 radical (unpaired) electrons. The predicted molar refractivity (Wildman–Crippen MR) is 61.3 cm³/mol. The third-order valence-electron chi connectivity index (χ3n) is 2.38. The van der Waals surface area contributed by atoms with Crippen molar-refractivity contribution >= 4 is 12.4 Å². The van der Waals surface area contributed by atoms with Gasteiger partial charge in [0.15, 0.2) is 0 Å². The number of ether oxygens (including phenoxy) is 1.